The van der Waals surface area contributed by atoms with E-state index >= 15 is 0 Å². The molecular weight excluding hydrogens is 320 g/mol. The number of rotatable bonds is 5. The molecule has 0 aromatic rings. The van der Waals surface area contributed by atoms with Crippen molar-refractivity contribution in [2.24, 2.45) is 11.8 Å². The Hall–Kier alpha value is -0.710. The van der Waals surface area contributed by atoms with Gasteiger partial charge in [-0.2, -0.15) is 12.6 Å². The Morgan fingerprint density at radius 3 is 2.08 bits per heavy atom. The van der Waals surface area contributed by atoms with Gasteiger partial charge in [-0.25, -0.2) is 0 Å². The fraction of sp³-hybridized carbons (Fsp3) is 0.895. The number of thiol groups is 1. The Bertz CT molecular complexity index is 445. The van der Waals surface area contributed by atoms with Crippen molar-refractivity contribution in [2.75, 3.05) is 12.3 Å². The molecule has 1 N–H and O–H groups in total. The van der Waals surface area contributed by atoms with Gasteiger partial charge in [0.1, 0.15) is 12.1 Å². The minimum absolute atomic E-state index is 0.0510. The number of nitrogens with one attached hydrogen (secondary N) is 1. The Kier molecular flexibility index (Phi) is 6.48. The van der Waals surface area contributed by atoms with E-state index in [4.69, 9.17) is 0 Å². The second kappa shape index (κ2) is 8.59. The Morgan fingerprint density at radius 2 is 1.50 bits per heavy atom. The molecule has 2 saturated carbocycles. The number of carbonyl (C=O) groups is 2. The molecule has 0 bridgehead atoms. The van der Waals surface area contributed by atoms with Crippen molar-refractivity contribution in [1.82, 2.24) is 10.2 Å². The first-order chi connectivity index (χ1) is 11.7. The second-order valence-electron chi connectivity index (χ2n) is 7.99. The van der Waals surface area contributed by atoms with Gasteiger partial charge < -0.3 is 10.2 Å². The average molecular weight is 353 g/mol. The summed E-state index contributed by atoms with van der Waals surface area (Å²) in [6, 6.07) is -0.689. The van der Waals surface area contributed by atoms with Crippen molar-refractivity contribution < 1.29 is 9.59 Å². The summed E-state index contributed by atoms with van der Waals surface area (Å²) in [7, 11) is 0. The predicted molar refractivity (Wildman–Crippen MR) is 99.1 cm³/mol. The van der Waals surface area contributed by atoms with Crippen molar-refractivity contribution in [2.45, 2.75) is 82.7 Å². The normalized spacial score (nSPS) is 30.5. The molecule has 0 radical (unpaired) electrons. The summed E-state index contributed by atoms with van der Waals surface area (Å²) in [4.78, 5) is 27.5. The summed E-state index contributed by atoms with van der Waals surface area (Å²) in [5.74, 6) is 1.71. The molecule has 0 spiro atoms. The molecule has 24 heavy (non-hydrogen) atoms. The fourth-order valence-corrected chi connectivity index (χ4v) is 5.03. The third kappa shape index (κ3) is 4.27. The molecule has 0 aromatic carbocycles. The quantitative estimate of drug-likeness (QED) is 0.747. The number of piperazine rings is 1. The molecule has 2 atom stereocenters. The second-order valence-corrected chi connectivity index (χ2v) is 8.36. The van der Waals surface area contributed by atoms with E-state index in [2.05, 4.69) is 17.9 Å². The number of hydrogen-bond donors (Lipinski definition) is 2. The minimum atomic E-state index is -0.438. The number of carbonyl (C=O) groups excluding carboxylic acids is 2. The molecule has 0 aromatic heterocycles. The van der Waals surface area contributed by atoms with Crippen LogP contribution in [0.5, 0.6) is 0 Å². The maximum absolute atomic E-state index is 12.9. The SMILES string of the molecule is O=C1N[C@@H](CS)C(=O)N(CC2CCCCC2)[C@@H]1CC1CCCCC1. The molecule has 136 valence electrons. The third-order valence-electron chi connectivity index (χ3n) is 6.22. The van der Waals surface area contributed by atoms with E-state index in [1.807, 2.05) is 4.90 Å². The van der Waals surface area contributed by atoms with Crippen molar-refractivity contribution in [3.05, 3.63) is 0 Å². The van der Waals surface area contributed by atoms with E-state index in [0.717, 1.165) is 13.0 Å². The van der Waals surface area contributed by atoms with Gasteiger partial charge in [0, 0.05) is 12.3 Å². The first kappa shape index (κ1) is 18.1. The summed E-state index contributed by atoms with van der Waals surface area (Å²) in [6.07, 6.45) is 13.4. The van der Waals surface area contributed by atoms with Gasteiger partial charge in [-0.05, 0) is 31.1 Å². The zero-order valence-electron chi connectivity index (χ0n) is 14.7. The molecule has 2 amide bonds. The molecule has 0 unspecified atom stereocenters. The fourth-order valence-electron chi connectivity index (χ4n) is 4.79. The van der Waals surface area contributed by atoms with Crippen LogP contribution < -0.4 is 5.32 Å². The molecule has 5 heteroatoms. The van der Waals surface area contributed by atoms with E-state index in [9.17, 15) is 9.59 Å². The summed E-state index contributed by atoms with van der Waals surface area (Å²) < 4.78 is 0. The number of nitrogens with zero attached hydrogens (tertiary/aromatic N) is 1. The Morgan fingerprint density at radius 1 is 0.917 bits per heavy atom. The lowest BCUT2D eigenvalue weighted by atomic mass is 9.83. The highest BCUT2D eigenvalue weighted by Crippen LogP contribution is 2.32. The molecule has 3 fully saturated rings. The zero-order chi connectivity index (χ0) is 16.9. The van der Waals surface area contributed by atoms with Crippen LogP contribution in [0.3, 0.4) is 0 Å². The highest BCUT2D eigenvalue weighted by Gasteiger charge is 2.41. The molecule has 3 rings (SSSR count). The monoisotopic (exact) mass is 352 g/mol. The predicted octanol–water partition coefficient (Wildman–Crippen LogP) is 3.16. The zero-order valence-corrected chi connectivity index (χ0v) is 15.6. The van der Waals surface area contributed by atoms with Crippen molar-refractivity contribution in [3.8, 4) is 0 Å². The molecule has 1 saturated heterocycles. The van der Waals surface area contributed by atoms with Crippen LogP contribution in [0.2, 0.25) is 0 Å². The lowest BCUT2D eigenvalue weighted by Crippen LogP contribution is -2.65. The van der Waals surface area contributed by atoms with Gasteiger partial charge in [0.15, 0.2) is 0 Å². The van der Waals surface area contributed by atoms with Gasteiger partial charge in [-0.1, -0.05) is 51.4 Å². The van der Waals surface area contributed by atoms with Gasteiger partial charge in [-0.15, -0.1) is 0 Å². The summed E-state index contributed by atoms with van der Waals surface area (Å²) in [5.41, 5.74) is 0. The summed E-state index contributed by atoms with van der Waals surface area (Å²) in [6.45, 7) is 0.772. The number of amides is 2. The van der Waals surface area contributed by atoms with E-state index < -0.39 is 6.04 Å². The number of hydrogen-bond acceptors (Lipinski definition) is 3. The highest BCUT2D eigenvalue weighted by molar-refractivity contribution is 7.80. The molecule has 1 aliphatic heterocycles. The third-order valence-corrected chi connectivity index (χ3v) is 6.59. The first-order valence-corrected chi connectivity index (χ1v) is 10.5. The largest absolute Gasteiger partial charge is 0.342 e. The van der Waals surface area contributed by atoms with Crippen LogP contribution in [-0.4, -0.2) is 41.1 Å². The van der Waals surface area contributed by atoms with Crippen LogP contribution in [0.4, 0.5) is 0 Å². The van der Waals surface area contributed by atoms with E-state index in [1.54, 1.807) is 0 Å². The van der Waals surface area contributed by atoms with Crippen LogP contribution in [-0.2, 0) is 9.59 Å². The van der Waals surface area contributed by atoms with E-state index in [1.165, 1.54) is 64.2 Å². The molecule has 4 nitrogen and oxygen atoms in total. The topological polar surface area (TPSA) is 49.4 Å². The first-order valence-electron chi connectivity index (χ1n) is 9.90. The van der Waals surface area contributed by atoms with Gasteiger partial charge in [0.25, 0.3) is 0 Å². The van der Waals surface area contributed by atoms with Crippen molar-refractivity contribution in [1.29, 1.82) is 0 Å². The maximum Gasteiger partial charge on any atom is 0.246 e. The van der Waals surface area contributed by atoms with Gasteiger partial charge in [0.05, 0.1) is 0 Å². The summed E-state index contributed by atoms with van der Waals surface area (Å²) in [5, 5.41) is 2.92. The molecule has 2 aliphatic carbocycles. The minimum Gasteiger partial charge on any atom is -0.342 e. The standard InChI is InChI=1S/C19H32N2O2S/c22-18-17(11-14-7-3-1-4-8-14)21(19(23)16(13-24)20-18)12-15-9-5-2-6-10-15/h14-17,24H,1-13H2,(H,20,22)/t16-,17+/m0/s1. The molecule has 3 aliphatic rings. The summed E-state index contributed by atoms with van der Waals surface area (Å²) >= 11 is 4.27. The van der Waals surface area contributed by atoms with Crippen LogP contribution >= 0.6 is 12.6 Å². The smallest absolute Gasteiger partial charge is 0.246 e. The lowest BCUT2D eigenvalue weighted by molar-refractivity contribution is -0.150. The Labute approximate surface area is 151 Å². The van der Waals surface area contributed by atoms with Gasteiger partial charge in [-0.3, -0.25) is 9.59 Å². The van der Waals surface area contributed by atoms with E-state index in [0.29, 0.717) is 17.6 Å². The van der Waals surface area contributed by atoms with E-state index in [-0.39, 0.29) is 17.9 Å². The van der Waals surface area contributed by atoms with Crippen LogP contribution in [0.25, 0.3) is 0 Å². The van der Waals surface area contributed by atoms with Crippen LogP contribution in [0.15, 0.2) is 0 Å². The average Bonchev–Trinajstić information content (AvgIpc) is 2.62. The maximum atomic E-state index is 12.9. The Balaban J connectivity index is 1.70. The molecule has 1 heterocycles. The van der Waals surface area contributed by atoms with Crippen LogP contribution in [0, 0.1) is 11.8 Å². The van der Waals surface area contributed by atoms with Crippen LogP contribution in [0.1, 0.15) is 70.6 Å². The highest BCUT2D eigenvalue weighted by atomic mass is 32.1. The van der Waals surface area contributed by atoms with Crippen molar-refractivity contribution in [3.63, 3.8) is 0 Å². The lowest BCUT2D eigenvalue weighted by Gasteiger charge is -2.42. The van der Waals surface area contributed by atoms with Gasteiger partial charge in [0.2, 0.25) is 11.8 Å². The van der Waals surface area contributed by atoms with Crippen molar-refractivity contribution >= 4 is 24.4 Å². The van der Waals surface area contributed by atoms with Gasteiger partial charge >= 0.3 is 0 Å². The molecular formula is C19H32N2O2S.